The third-order valence-electron chi connectivity index (χ3n) is 9.12. The smallest absolute Gasteiger partial charge is 0.229 e. The van der Waals surface area contributed by atoms with E-state index < -0.39 is 10.0 Å². The molecule has 15 heteroatoms. The number of anilines is 6. The fourth-order valence-corrected chi connectivity index (χ4v) is 7.94. The van der Waals surface area contributed by atoms with Crippen LogP contribution in [-0.4, -0.2) is 101 Å². The number of aromatic nitrogens is 2. The van der Waals surface area contributed by atoms with Gasteiger partial charge in [0.25, 0.3) is 0 Å². The second-order valence-corrected chi connectivity index (χ2v) is 15.6. The number of sulfonamides is 1. The van der Waals surface area contributed by atoms with Gasteiger partial charge in [-0.05, 0) is 79.9 Å². The molecule has 0 saturated carbocycles. The minimum absolute atomic E-state index is 0.260. The molecule has 4 heterocycles. The number of piperidine rings is 2. The Bertz CT molecular complexity index is 1720. The number of halogens is 2. The maximum atomic E-state index is 12.1. The molecule has 3 aliphatic rings. The van der Waals surface area contributed by atoms with E-state index in [9.17, 15) is 8.42 Å². The molecule has 12 nitrogen and oxygen atoms in total. The summed E-state index contributed by atoms with van der Waals surface area (Å²) in [5, 5.41) is 6.69. The Hall–Kier alpha value is -3.04. The van der Waals surface area contributed by atoms with Gasteiger partial charge >= 0.3 is 0 Å². The number of likely N-dealkylation sites (N-methyl/N-ethyl adjacent to an activating group) is 1. The van der Waals surface area contributed by atoms with Gasteiger partial charge in [-0.1, -0.05) is 11.6 Å². The molecule has 6 rings (SSSR count). The van der Waals surface area contributed by atoms with E-state index >= 15 is 0 Å². The molecule has 0 aliphatic carbocycles. The van der Waals surface area contributed by atoms with Crippen molar-refractivity contribution >= 4 is 72.1 Å². The highest BCUT2D eigenvalue weighted by atomic mass is 79.9. The SMILES string of the molecule is COc1cc(N2CCC(N3CCCC(N(C)C)C3)CC2)c(Br)cc1Nc1ncc(Cl)c(Nc2cc3c(cc2NS(C)(=O)=O)CCO3)n1. The summed E-state index contributed by atoms with van der Waals surface area (Å²) in [6, 6.07) is 8.78. The van der Waals surface area contributed by atoms with E-state index in [-0.39, 0.29) is 11.0 Å². The molecule has 0 bridgehead atoms. The fourth-order valence-electron chi connectivity index (χ4n) is 6.64. The van der Waals surface area contributed by atoms with E-state index in [1.54, 1.807) is 19.2 Å². The number of rotatable bonds is 10. The number of likely N-dealkylation sites (tertiary alicyclic amines) is 1. The Morgan fingerprint density at radius 2 is 1.85 bits per heavy atom. The predicted molar refractivity (Wildman–Crippen MR) is 192 cm³/mol. The molecule has 1 aromatic heterocycles. The largest absolute Gasteiger partial charge is 0.494 e. The van der Waals surface area contributed by atoms with Crippen LogP contribution in [0.25, 0.3) is 0 Å². The highest BCUT2D eigenvalue weighted by Crippen LogP contribution is 2.41. The van der Waals surface area contributed by atoms with Crippen LogP contribution in [0, 0.1) is 0 Å². The molecule has 3 aromatic rings. The quantitative estimate of drug-likeness (QED) is 0.237. The average molecular weight is 750 g/mol. The number of nitrogens with one attached hydrogen (secondary N) is 3. The van der Waals surface area contributed by atoms with Crippen molar-refractivity contribution < 1.29 is 17.9 Å². The van der Waals surface area contributed by atoms with Crippen molar-refractivity contribution in [3.8, 4) is 11.5 Å². The first kappa shape index (κ1) is 33.8. The van der Waals surface area contributed by atoms with E-state index in [2.05, 4.69) is 70.0 Å². The molecule has 0 amide bonds. The van der Waals surface area contributed by atoms with Gasteiger partial charge in [-0.2, -0.15) is 4.98 Å². The number of ether oxygens (including phenoxy) is 2. The first-order chi connectivity index (χ1) is 22.5. The van der Waals surface area contributed by atoms with Gasteiger partial charge in [0, 0.05) is 54.7 Å². The van der Waals surface area contributed by atoms with Gasteiger partial charge < -0.3 is 29.9 Å². The third kappa shape index (κ3) is 7.99. The molecule has 3 aliphatic heterocycles. The van der Waals surface area contributed by atoms with Crippen LogP contribution in [0.2, 0.25) is 5.02 Å². The number of nitrogens with zero attached hydrogens (tertiary/aromatic N) is 5. The van der Waals surface area contributed by atoms with E-state index in [0.717, 1.165) is 54.5 Å². The average Bonchev–Trinajstić information content (AvgIpc) is 3.49. The summed E-state index contributed by atoms with van der Waals surface area (Å²) in [7, 11) is 2.49. The predicted octanol–water partition coefficient (Wildman–Crippen LogP) is 5.69. The molecule has 2 fully saturated rings. The first-order valence-corrected chi connectivity index (χ1v) is 18.9. The van der Waals surface area contributed by atoms with Crippen LogP contribution >= 0.6 is 27.5 Å². The van der Waals surface area contributed by atoms with Gasteiger partial charge in [-0.25, -0.2) is 13.4 Å². The van der Waals surface area contributed by atoms with Crippen molar-refractivity contribution in [3.63, 3.8) is 0 Å². The number of methoxy groups -OCH3 is 1. The van der Waals surface area contributed by atoms with Crippen molar-refractivity contribution in [2.45, 2.75) is 44.2 Å². The molecule has 2 aromatic carbocycles. The normalized spacial score (nSPS) is 19.0. The van der Waals surface area contributed by atoms with Crippen LogP contribution < -0.4 is 29.7 Å². The summed E-state index contributed by atoms with van der Waals surface area (Å²) in [5.74, 6) is 1.90. The summed E-state index contributed by atoms with van der Waals surface area (Å²) >= 11 is 10.3. The Morgan fingerprint density at radius 3 is 2.57 bits per heavy atom. The van der Waals surface area contributed by atoms with E-state index in [1.807, 2.05) is 12.1 Å². The molecule has 2 saturated heterocycles. The second kappa shape index (κ2) is 14.2. The topological polar surface area (TPSA) is 124 Å². The maximum Gasteiger partial charge on any atom is 0.229 e. The molecular formula is C32H42BrClN8O4S. The van der Waals surface area contributed by atoms with Crippen LogP contribution in [0.15, 0.2) is 34.9 Å². The summed E-state index contributed by atoms with van der Waals surface area (Å²) in [6.45, 7) is 4.82. The number of hydrogen-bond acceptors (Lipinski definition) is 11. The standard InChI is InChI=1S/C32H42BrClN8O4S/c1-40(2)22-6-5-10-42(19-22)21-7-11-41(12-8-21)28-17-30(45-3)27(15-23(28)33)37-32-35-18-24(34)31(38-32)36-25-16-29-20(9-13-46-29)14-26(25)39-47(4,43)44/h14-18,21-22,39H,5-13,19H2,1-4H3,(H2,35,36,37,38). The fraction of sp³-hybridized carbons (Fsp3) is 0.500. The summed E-state index contributed by atoms with van der Waals surface area (Å²) in [5.41, 5.74) is 3.51. The molecule has 3 N–H and O–H groups in total. The van der Waals surface area contributed by atoms with Gasteiger partial charge in [0.15, 0.2) is 5.82 Å². The lowest BCUT2D eigenvalue weighted by Gasteiger charge is -2.44. The number of fused-ring (bicyclic) bond motifs is 1. The first-order valence-electron chi connectivity index (χ1n) is 15.8. The van der Waals surface area contributed by atoms with Crippen molar-refractivity contribution in [1.82, 2.24) is 19.8 Å². The Kier molecular flexibility index (Phi) is 10.2. The van der Waals surface area contributed by atoms with Crippen LogP contribution in [0.4, 0.5) is 34.5 Å². The Labute approximate surface area is 290 Å². The van der Waals surface area contributed by atoms with Gasteiger partial charge in [0.05, 0.1) is 48.9 Å². The minimum atomic E-state index is -3.54. The highest BCUT2D eigenvalue weighted by molar-refractivity contribution is 9.10. The van der Waals surface area contributed by atoms with E-state index in [4.69, 9.17) is 21.1 Å². The molecule has 0 spiro atoms. The zero-order valence-corrected chi connectivity index (χ0v) is 30.3. The summed E-state index contributed by atoms with van der Waals surface area (Å²) in [6.07, 6.45) is 8.08. The van der Waals surface area contributed by atoms with Gasteiger partial charge in [0.2, 0.25) is 16.0 Å². The third-order valence-corrected chi connectivity index (χ3v) is 10.6. The molecule has 47 heavy (non-hydrogen) atoms. The van der Waals surface area contributed by atoms with Gasteiger partial charge in [0.1, 0.15) is 16.5 Å². The van der Waals surface area contributed by atoms with Crippen LogP contribution in [-0.2, 0) is 16.4 Å². The summed E-state index contributed by atoms with van der Waals surface area (Å²) in [4.78, 5) is 16.5. The lowest BCUT2D eigenvalue weighted by atomic mass is 9.97. The van der Waals surface area contributed by atoms with Crippen LogP contribution in [0.3, 0.4) is 0 Å². The van der Waals surface area contributed by atoms with Gasteiger partial charge in [-0.15, -0.1) is 0 Å². The molecule has 254 valence electrons. The van der Waals surface area contributed by atoms with Crippen molar-refractivity contribution in [2.75, 3.05) is 80.5 Å². The monoisotopic (exact) mass is 748 g/mol. The molecule has 1 atom stereocenters. The van der Waals surface area contributed by atoms with Crippen molar-refractivity contribution in [2.24, 2.45) is 0 Å². The van der Waals surface area contributed by atoms with Crippen molar-refractivity contribution in [1.29, 1.82) is 0 Å². The zero-order chi connectivity index (χ0) is 33.3. The van der Waals surface area contributed by atoms with E-state index in [0.29, 0.717) is 59.5 Å². The molecule has 0 radical (unpaired) electrons. The molecular weight excluding hydrogens is 708 g/mol. The molecule has 1 unspecified atom stereocenters. The lowest BCUT2D eigenvalue weighted by Crippen LogP contribution is -2.52. The van der Waals surface area contributed by atoms with Crippen LogP contribution in [0.5, 0.6) is 11.5 Å². The Morgan fingerprint density at radius 1 is 1.06 bits per heavy atom. The van der Waals surface area contributed by atoms with Gasteiger partial charge in [-0.3, -0.25) is 9.62 Å². The second-order valence-electron chi connectivity index (χ2n) is 12.6. The zero-order valence-electron chi connectivity index (χ0n) is 27.1. The number of benzene rings is 2. The maximum absolute atomic E-state index is 12.1. The number of hydrogen-bond donors (Lipinski definition) is 3. The van der Waals surface area contributed by atoms with E-state index in [1.165, 1.54) is 25.6 Å². The van der Waals surface area contributed by atoms with Crippen LogP contribution in [0.1, 0.15) is 31.2 Å². The Balaban J connectivity index is 1.17. The summed E-state index contributed by atoms with van der Waals surface area (Å²) < 4.78 is 39.2. The van der Waals surface area contributed by atoms with Crippen molar-refractivity contribution in [3.05, 3.63) is 45.5 Å². The minimum Gasteiger partial charge on any atom is -0.494 e. The highest BCUT2D eigenvalue weighted by Gasteiger charge is 2.30. The lowest BCUT2D eigenvalue weighted by molar-refractivity contribution is 0.0846.